The lowest BCUT2D eigenvalue weighted by atomic mass is 9.93. The number of nitrogens with one attached hydrogen (secondary N) is 7. The molecule has 0 saturated heterocycles. The Kier molecular flexibility index (Phi) is 32.4. The van der Waals surface area contributed by atoms with Crippen molar-refractivity contribution >= 4 is 81.8 Å². The van der Waals surface area contributed by atoms with Crippen molar-refractivity contribution in [1.82, 2.24) is 38.0 Å². The predicted molar refractivity (Wildman–Crippen MR) is 296 cm³/mol. The van der Waals surface area contributed by atoms with E-state index in [9.17, 15) is 58.2 Å². The number of hydrogen-bond donors (Lipinski definition) is 11. The van der Waals surface area contributed by atoms with Gasteiger partial charge in [-0.1, -0.05) is 41.5 Å². The van der Waals surface area contributed by atoms with Crippen LogP contribution in [0.2, 0.25) is 0 Å². The maximum Gasteiger partial charge on any atom is 0.306 e. The number of hydrazine groups is 3. The van der Waals surface area contributed by atoms with Gasteiger partial charge in [0.15, 0.2) is 11.2 Å². The van der Waals surface area contributed by atoms with Crippen molar-refractivity contribution < 1.29 is 67.6 Å². The van der Waals surface area contributed by atoms with E-state index in [0.29, 0.717) is 19.3 Å². The second kappa shape index (κ2) is 35.2. The summed E-state index contributed by atoms with van der Waals surface area (Å²) >= 11 is 0. The standard InChI is InChI=1S/C52H91N13O14/c1-15-49(13,16-2)55-31(5)19-23-39(66)35(9)37(11)78-45(72)25-21-33(7)59-62-42(69)28-51(76,47(74)56-53)27-41(68)61-58-32(6)20-24-40(67)36(10)38(12)79-46(73)26-22-34(8)60-63-43(70)29-52(77,48(75)57-54)30-44(71)64-65-50(14,17-3)18-4/h35-38,65,76-77H,15-30,53-54H2,1-14H3,(H,56,74)(H,57,75)(H,61,68)(H,62,69)(H,63,70)(H,64,71). The molecular weight excluding hydrogens is 1030 g/mol. The minimum atomic E-state index is -2.65. The maximum atomic E-state index is 13.0. The van der Waals surface area contributed by atoms with E-state index in [1.54, 1.807) is 31.6 Å². The van der Waals surface area contributed by atoms with Crippen LogP contribution < -0.4 is 49.7 Å². The summed E-state index contributed by atoms with van der Waals surface area (Å²) in [5.74, 6) is 1.40. The zero-order chi connectivity index (χ0) is 60.9. The third kappa shape index (κ3) is 27.8. The van der Waals surface area contributed by atoms with Gasteiger partial charge in [-0.05, 0) is 107 Å². The molecule has 6 unspecified atom stereocenters. The molecule has 13 N–H and O–H groups in total. The molecule has 0 aromatic rings. The molecule has 0 aromatic heterocycles. The smallest absolute Gasteiger partial charge is 0.306 e. The number of rotatable bonds is 38. The number of ketones is 2. The minimum Gasteiger partial charge on any atom is -0.462 e. The fourth-order valence-electron chi connectivity index (χ4n) is 7.04. The molecule has 0 aliphatic carbocycles. The van der Waals surface area contributed by atoms with Crippen LogP contribution >= 0.6 is 0 Å². The fourth-order valence-corrected chi connectivity index (χ4v) is 7.04. The third-order valence-electron chi connectivity index (χ3n) is 14.0. The van der Waals surface area contributed by atoms with E-state index in [4.69, 9.17) is 26.2 Å². The molecule has 0 aliphatic rings. The van der Waals surface area contributed by atoms with Crippen molar-refractivity contribution in [2.75, 3.05) is 0 Å². The summed E-state index contributed by atoms with van der Waals surface area (Å²) in [5, 5.41) is 33.7. The van der Waals surface area contributed by atoms with Gasteiger partial charge in [-0.25, -0.2) is 33.4 Å². The molecule has 0 spiro atoms. The number of nitrogens with two attached hydrogens (primary N) is 2. The van der Waals surface area contributed by atoms with Crippen LogP contribution in [0.15, 0.2) is 20.3 Å². The van der Waals surface area contributed by atoms with E-state index in [1.165, 1.54) is 27.7 Å². The Bertz CT molecular complexity index is 2240. The molecule has 27 heteroatoms. The largest absolute Gasteiger partial charge is 0.462 e. The Morgan fingerprint density at radius 3 is 1.11 bits per heavy atom. The van der Waals surface area contributed by atoms with Crippen molar-refractivity contribution in [3.05, 3.63) is 0 Å². The van der Waals surface area contributed by atoms with Gasteiger partial charge >= 0.3 is 11.9 Å². The first kappa shape index (κ1) is 72.6. The Hall–Kier alpha value is -6.42. The van der Waals surface area contributed by atoms with Gasteiger partial charge in [0.05, 0.1) is 55.9 Å². The summed E-state index contributed by atoms with van der Waals surface area (Å²) in [4.78, 5) is 132. The number of hydrazone groups is 3. The number of carbonyl (C=O) groups is 10. The highest BCUT2D eigenvalue weighted by molar-refractivity contribution is 5.97. The summed E-state index contributed by atoms with van der Waals surface area (Å²) in [6, 6.07) is 0. The van der Waals surface area contributed by atoms with Crippen LogP contribution in [-0.4, -0.2) is 126 Å². The zero-order valence-electron chi connectivity index (χ0n) is 48.9. The summed E-state index contributed by atoms with van der Waals surface area (Å²) < 4.78 is 10.9. The van der Waals surface area contributed by atoms with E-state index >= 15 is 0 Å². The van der Waals surface area contributed by atoms with Crippen LogP contribution in [0, 0.1) is 11.8 Å². The van der Waals surface area contributed by atoms with Crippen molar-refractivity contribution in [2.24, 2.45) is 43.8 Å². The molecule has 0 aliphatic heterocycles. The summed E-state index contributed by atoms with van der Waals surface area (Å²) in [6.07, 6.45) is -1.54. The van der Waals surface area contributed by atoms with Crippen LogP contribution in [-0.2, 0) is 57.4 Å². The first-order chi connectivity index (χ1) is 36.7. The summed E-state index contributed by atoms with van der Waals surface area (Å²) in [5.41, 5.74) is 11.2. The molecule has 27 nitrogen and oxygen atoms in total. The van der Waals surface area contributed by atoms with Gasteiger partial charge in [-0.3, -0.25) is 69.2 Å². The van der Waals surface area contributed by atoms with Crippen LogP contribution in [0.25, 0.3) is 0 Å². The number of carbonyl (C=O) groups excluding carboxylic acids is 10. The van der Waals surface area contributed by atoms with Crippen molar-refractivity contribution in [3.8, 4) is 0 Å². The number of esters is 2. The normalized spacial score (nSPS) is 15.6. The fraction of sp³-hybridized carbons (Fsp3) is 0.731. The van der Waals surface area contributed by atoms with Crippen LogP contribution in [0.5, 0.6) is 0 Å². The minimum absolute atomic E-state index is 0.0174. The Morgan fingerprint density at radius 1 is 0.481 bits per heavy atom. The van der Waals surface area contributed by atoms with Gasteiger partial charge in [0.1, 0.15) is 23.8 Å². The van der Waals surface area contributed by atoms with Crippen LogP contribution in [0.4, 0.5) is 0 Å². The predicted octanol–water partition coefficient (Wildman–Crippen LogP) is 2.10. The van der Waals surface area contributed by atoms with E-state index in [-0.39, 0.29) is 79.2 Å². The lowest BCUT2D eigenvalue weighted by Gasteiger charge is -2.30. The second-order valence-electron chi connectivity index (χ2n) is 20.8. The topological polar surface area (TPSA) is 415 Å². The van der Waals surface area contributed by atoms with Gasteiger partial charge in [0, 0.05) is 41.2 Å². The van der Waals surface area contributed by atoms with Crippen LogP contribution in [0.1, 0.15) is 200 Å². The van der Waals surface area contributed by atoms with Crippen molar-refractivity contribution in [2.45, 2.75) is 234 Å². The third-order valence-corrected chi connectivity index (χ3v) is 14.0. The second-order valence-corrected chi connectivity index (χ2v) is 20.8. The molecule has 0 fully saturated rings. The highest BCUT2D eigenvalue weighted by atomic mass is 16.5. The molecule has 448 valence electrons. The lowest BCUT2D eigenvalue weighted by Crippen LogP contribution is -2.57. The van der Waals surface area contributed by atoms with Crippen LogP contribution in [0.3, 0.4) is 0 Å². The van der Waals surface area contributed by atoms with Gasteiger partial charge in [0.25, 0.3) is 11.8 Å². The number of Topliss-reactive ketones (excluding diaryl/α,β-unsaturated/α-hetero) is 2. The first-order valence-corrected chi connectivity index (χ1v) is 26.7. The average molecular weight is 1120 g/mol. The molecule has 0 radical (unpaired) electrons. The number of amides is 6. The number of aliphatic hydroxyl groups is 2. The monoisotopic (exact) mass is 1120 g/mol. The molecule has 0 saturated carbocycles. The Morgan fingerprint density at radius 2 is 0.797 bits per heavy atom. The van der Waals surface area contributed by atoms with Gasteiger partial charge in [-0.15, -0.1) is 0 Å². The average Bonchev–Trinajstić information content (AvgIpc) is 3.40. The highest BCUT2D eigenvalue weighted by Gasteiger charge is 2.42. The maximum absolute atomic E-state index is 13.0. The number of nitrogens with zero attached hydrogens (tertiary/aromatic N) is 4. The summed E-state index contributed by atoms with van der Waals surface area (Å²) in [7, 11) is 0. The van der Waals surface area contributed by atoms with Gasteiger partial charge in [0.2, 0.25) is 23.6 Å². The molecule has 0 aromatic carbocycles. The quantitative estimate of drug-likeness (QED) is 0.0139. The Balaban J connectivity index is 5.12. The van der Waals surface area contributed by atoms with E-state index in [0.717, 1.165) is 18.6 Å². The molecule has 0 bridgehead atoms. The molecular formula is C52H91N13O14. The number of hydrogen-bond acceptors (Lipinski definition) is 21. The molecule has 0 heterocycles. The van der Waals surface area contributed by atoms with Gasteiger partial charge < -0.3 is 19.7 Å². The number of aliphatic imine (C=N–C) groups is 1. The lowest BCUT2D eigenvalue weighted by molar-refractivity contribution is -0.153. The SMILES string of the molecule is CCC(C)(CC)N=C(C)CCC(=O)C(C)C(C)OC(=O)CCC(C)=NNC(=O)CC(O)(CC(=O)NN=C(C)CCC(=O)C(C)C(C)OC(=O)CCC(C)=NNC(=O)CC(O)(CC(=O)NNC(C)(CC)CC)C(=O)NN)C(=O)NN. The van der Waals surface area contributed by atoms with Crippen molar-refractivity contribution in [3.63, 3.8) is 0 Å². The summed E-state index contributed by atoms with van der Waals surface area (Å²) in [6.45, 7) is 24.8. The van der Waals surface area contributed by atoms with Crippen molar-refractivity contribution in [1.29, 1.82) is 0 Å². The number of ether oxygens (including phenoxy) is 2. The van der Waals surface area contributed by atoms with E-state index in [1.807, 2.05) is 27.7 Å². The molecule has 6 amide bonds. The molecule has 6 atom stereocenters. The van der Waals surface area contributed by atoms with E-state index in [2.05, 4.69) is 63.2 Å². The highest BCUT2D eigenvalue weighted by Crippen LogP contribution is 2.22. The molecule has 79 heavy (non-hydrogen) atoms. The first-order valence-electron chi connectivity index (χ1n) is 26.7. The zero-order valence-corrected chi connectivity index (χ0v) is 48.9. The molecule has 0 rings (SSSR count). The Labute approximate surface area is 464 Å². The van der Waals surface area contributed by atoms with E-state index < -0.39 is 114 Å². The van der Waals surface area contributed by atoms with Gasteiger partial charge in [-0.2, -0.15) is 15.3 Å².